The van der Waals surface area contributed by atoms with Gasteiger partial charge < -0.3 is 4.90 Å². The fourth-order valence-electron chi connectivity index (χ4n) is 4.41. The predicted molar refractivity (Wildman–Crippen MR) is 96.0 cm³/mol. The average Bonchev–Trinajstić information content (AvgIpc) is 3.15. The van der Waals surface area contributed by atoms with Crippen molar-refractivity contribution in [3.05, 3.63) is 41.9 Å². The van der Waals surface area contributed by atoms with E-state index >= 15 is 0 Å². The lowest BCUT2D eigenvalue weighted by molar-refractivity contribution is 0.0994. The summed E-state index contributed by atoms with van der Waals surface area (Å²) in [4.78, 5) is 9.69. The molecule has 5 nitrogen and oxygen atoms in total. The summed E-state index contributed by atoms with van der Waals surface area (Å²) in [6.45, 7) is 6.66. The second-order valence-corrected chi connectivity index (χ2v) is 7.30. The first-order valence-corrected chi connectivity index (χ1v) is 9.06. The smallest absolute Gasteiger partial charge is 0.128 e. The lowest BCUT2D eigenvalue weighted by atomic mass is 9.84. The summed E-state index contributed by atoms with van der Waals surface area (Å²) in [5.74, 6) is 1.13. The molecular formula is C19H27N5. The third-order valence-electron chi connectivity index (χ3n) is 6.11. The monoisotopic (exact) mass is 325 g/mol. The van der Waals surface area contributed by atoms with E-state index < -0.39 is 0 Å². The lowest BCUT2D eigenvalue weighted by Crippen LogP contribution is -2.52. The fourth-order valence-corrected chi connectivity index (χ4v) is 4.41. The van der Waals surface area contributed by atoms with Crippen molar-refractivity contribution >= 4 is 5.82 Å². The van der Waals surface area contributed by atoms with E-state index in [2.05, 4.69) is 38.9 Å². The van der Waals surface area contributed by atoms with Crippen LogP contribution in [-0.4, -0.2) is 44.8 Å². The second kappa shape index (κ2) is 6.20. The van der Waals surface area contributed by atoms with E-state index in [9.17, 15) is 0 Å². The van der Waals surface area contributed by atoms with Crippen LogP contribution in [0, 0.1) is 6.92 Å². The number of aryl methyl sites for hydroxylation is 1. The van der Waals surface area contributed by atoms with Crippen molar-refractivity contribution in [2.75, 3.05) is 24.5 Å². The summed E-state index contributed by atoms with van der Waals surface area (Å²) >= 11 is 0. The predicted octanol–water partition coefficient (Wildman–Crippen LogP) is 2.76. The van der Waals surface area contributed by atoms with Gasteiger partial charge in [-0.25, -0.2) is 4.98 Å². The molecule has 2 aliphatic heterocycles. The van der Waals surface area contributed by atoms with Gasteiger partial charge in [-0.2, -0.15) is 5.10 Å². The van der Waals surface area contributed by atoms with E-state index in [1.54, 1.807) is 0 Å². The summed E-state index contributed by atoms with van der Waals surface area (Å²) in [5.41, 5.74) is 3.06. The molecule has 5 heteroatoms. The summed E-state index contributed by atoms with van der Waals surface area (Å²) in [7, 11) is 2.03. The average molecular weight is 325 g/mol. The highest BCUT2D eigenvalue weighted by Crippen LogP contribution is 2.40. The molecule has 2 aliphatic rings. The molecule has 0 unspecified atom stereocenters. The highest BCUT2D eigenvalue weighted by Gasteiger charge is 2.43. The Morgan fingerprint density at radius 1 is 1.12 bits per heavy atom. The first-order chi connectivity index (χ1) is 11.7. The number of hydrogen-bond acceptors (Lipinski definition) is 4. The minimum absolute atomic E-state index is 0.383. The molecule has 0 atom stereocenters. The van der Waals surface area contributed by atoms with Gasteiger partial charge in [0.25, 0.3) is 0 Å². The Morgan fingerprint density at radius 2 is 1.96 bits per heavy atom. The van der Waals surface area contributed by atoms with Crippen molar-refractivity contribution in [3.8, 4) is 0 Å². The number of rotatable bonds is 3. The van der Waals surface area contributed by atoms with Crippen LogP contribution in [0.25, 0.3) is 0 Å². The van der Waals surface area contributed by atoms with Crippen LogP contribution >= 0.6 is 0 Å². The van der Waals surface area contributed by atoms with Crippen LogP contribution in [0.15, 0.2) is 30.6 Å². The van der Waals surface area contributed by atoms with E-state index in [4.69, 9.17) is 0 Å². The number of piperidine rings is 1. The molecule has 2 aromatic rings. The second-order valence-electron chi connectivity index (χ2n) is 7.30. The first-order valence-electron chi connectivity index (χ1n) is 9.06. The normalized spacial score (nSPS) is 20.8. The molecule has 0 N–H and O–H groups in total. The van der Waals surface area contributed by atoms with E-state index in [1.165, 1.54) is 43.5 Å². The third-order valence-corrected chi connectivity index (χ3v) is 6.11. The number of nitrogens with zero attached hydrogens (tertiary/aromatic N) is 5. The van der Waals surface area contributed by atoms with Gasteiger partial charge in [0.15, 0.2) is 0 Å². The van der Waals surface area contributed by atoms with Gasteiger partial charge in [-0.05, 0) is 51.3 Å². The summed E-state index contributed by atoms with van der Waals surface area (Å²) in [5, 5.41) is 4.42. The molecule has 0 radical (unpaired) electrons. The molecule has 2 saturated heterocycles. The van der Waals surface area contributed by atoms with Crippen molar-refractivity contribution in [1.82, 2.24) is 19.7 Å². The van der Waals surface area contributed by atoms with Crippen LogP contribution in [-0.2, 0) is 13.6 Å². The van der Waals surface area contributed by atoms with Crippen LogP contribution in [0.1, 0.15) is 36.9 Å². The molecule has 24 heavy (non-hydrogen) atoms. The van der Waals surface area contributed by atoms with Crippen LogP contribution in [0.5, 0.6) is 0 Å². The Labute approximate surface area is 144 Å². The Bertz CT molecular complexity index is 685. The Kier molecular flexibility index (Phi) is 4.04. The minimum atomic E-state index is 0.383. The number of pyridine rings is 1. The molecule has 1 spiro atoms. The van der Waals surface area contributed by atoms with Gasteiger partial charge in [-0.15, -0.1) is 0 Å². The summed E-state index contributed by atoms with van der Waals surface area (Å²) < 4.78 is 1.99. The van der Waals surface area contributed by atoms with Gasteiger partial charge in [-0.3, -0.25) is 9.58 Å². The first kappa shape index (κ1) is 15.6. The van der Waals surface area contributed by atoms with Gasteiger partial charge >= 0.3 is 0 Å². The quantitative estimate of drug-likeness (QED) is 0.869. The molecule has 2 aromatic heterocycles. The van der Waals surface area contributed by atoms with Crippen LogP contribution < -0.4 is 4.90 Å². The maximum atomic E-state index is 4.52. The number of likely N-dealkylation sites (tertiary alicyclic amines) is 1. The summed E-state index contributed by atoms with van der Waals surface area (Å²) in [6, 6.07) is 6.20. The highest BCUT2D eigenvalue weighted by atomic mass is 15.3. The Hall–Kier alpha value is -1.88. The fraction of sp³-hybridized carbons (Fsp3) is 0.579. The van der Waals surface area contributed by atoms with Crippen LogP contribution in [0.2, 0.25) is 0 Å². The zero-order valence-corrected chi connectivity index (χ0v) is 14.8. The molecule has 4 heterocycles. The molecule has 128 valence electrons. The van der Waals surface area contributed by atoms with Gasteiger partial charge in [0.05, 0.1) is 6.20 Å². The van der Waals surface area contributed by atoms with E-state index in [0.29, 0.717) is 5.54 Å². The van der Waals surface area contributed by atoms with E-state index in [-0.39, 0.29) is 0 Å². The maximum absolute atomic E-state index is 4.52. The lowest BCUT2D eigenvalue weighted by Gasteiger charge is -2.45. The number of aromatic nitrogens is 3. The minimum Gasteiger partial charge on any atom is -0.356 e. The van der Waals surface area contributed by atoms with Gasteiger partial charge in [-0.1, -0.05) is 6.07 Å². The SMILES string of the molecule is Cc1c(CN2CCCC23CCN(c2ccccn2)CC3)cnn1C. The Balaban J connectivity index is 1.46. The summed E-state index contributed by atoms with van der Waals surface area (Å²) in [6.07, 6.45) is 9.08. The number of anilines is 1. The topological polar surface area (TPSA) is 37.2 Å². The molecular weight excluding hydrogens is 298 g/mol. The van der Waals surface area contributed by atoms with Gasteiger partial charge in [0.2, 0.25) is 0 Å². The standard InChI is InChI=1S/C19H27N5/c1-16-17(14-21-22(16)2)15-24-11-5-7-19(24)8-12-23(13-9-19)18-6-3-4-10-20-18/h3-4,6,10,14H,5,7-9,11-13,15H2,1-2H3. The molecule has 2 fully saturated rings. The van der Waals surface area contributed by atoms with E-state index in [0.717, 1.165) is 25.5 Å². The van der Waals surface area contributed by atoms with Gasteiger partial charge in [0.1, 0.15) is 5.82 Å². The van der Waals surface area contributed by atoms with Crippen molar-refractivity contribution in [2.45, 2.75) is 44.7 Å². The van der Waals surface area contributed by atoms with Crippen molar-refractivity contribution < 1.29 is 0 Å². The van der Waals surface area contributed by atoms with Crippen molar-refractivity contribution in [3.63, 3.8) is 0 Å². The Morgan fingerprint density at radius 3 is 2.62 bits per heavy atom. The third kappa shape index (κ3) is 2.71. The zero-order chi connectivity index (χ0) is 16.6. The molecule has 4 rings (SSSR count). The van der Waals surface area contributed by atoms with Crippen molar-refractivity contribution in [1.29, 1.82) is 0 Å². The molecule has 0 aliphatic carbocycles. The maximum Gasteiger partial charge on any atom is 0.128 e. The van der Waals surface area contributed by atoms with Crippen LogP contribution in [0.4, 0.5) is 5.82 Å². The van der Waals surface area contributed by atoms with Crippen LogP contribution in [0.3, 0.4) is 0 Å². The highest BCUT2D eigenvalue weighted by molar-refractivity contribution is 5.38. The van der Waals surface area contributed by atoms with Gasteiger partial charge in [0, 0.05) is 49.7 Å². The molecule has 0 aromatic carbocycles. The molecule has 0 bridgehead atoms. The number of hydrogen-bond donors (Lipinski definition) is 0. The molecule has 0 amide bonds. The zero-order valence-electron chi connectivity index (χ0n) is 14.8. The largest absolute Gasteiger partial charge is 0.356 e. The van der Waals surface area contributed by atoms with Crippen molar-refractivity contribution in [2.24, 2.45) is 7.05 Å². The van der Waals surface area contributed by atoms with E-state index in [1.807, 2.05) is 30.2 Å². The molecule has 0 saturated carbocycles.